The molecular weight excluding hydrogens is 358 g/mol. The van der Waals surface area contributed by atoms with Gasteiger partial charge in [0.15, 0.2) is 0 Å². The van der Waals surface area contributed by atoms with Gasteiger partial charge in [-0.15, -0.1) is 0 Å². The van der Waals surface area contributed by atoms with E-state index in [4.69, 9.17) is 0 Å². The Morgan fingerprint density at radius 1 is 1.04 bits per heavy atom. The van der Waals surface area contributed by atoms with Gasteiger partial charge in [0.05, 0.1) is 10.9 Å². The Kier molecular flexibility index (Phi) is 3.27. The zero-order valence-electron chi connectivity index (χ0n) is 13.4. The minimum absolute atomic E-state index is 0.677. The van der Waals surface area contributed by atoms with Crippen LogP contribution in [0.15, 0.2) is 65.2 Å². The molecule has 1 aromatic heterocycles. The Morgan fingerprint density at radius 2 is 1.92 bits per heavy atom. The van der Waals surface area contributed by atoms with Crippen molar-refractivity contribution >= 4 is 38.5 Å². The number of hydrogen-bond donors (Lipinski definition) is 0. The molecule has 1 nitrogen and oxygen atoms in total. The molecule has 0 radical (unpaired) electrons. The second-order valence-corrected chi connectivity index (χ2v) is 7.58. The quantitative estimate of drug-likeness (QED) is 0.581. The molecule has 0 saturated carbocycles. The van der Waals surface area contributed by atoms with Crippen LogP contribution in [0.4, 0.5) is 0 Å². The lowest BCUT2D eigenvalue weighted by Gasteiger charge is -2.22. The van der Waals surface area contributed by atoms with Crippen LogP contribution in [-0.2, 0) is 0 Å². The molecule has 0 saturated heterocycles. The van der Waals surface area contributed by atoms with Crippen LogP contribution in [0.25, 0.3) is 28.2 Å². The molecule has 2 aliphatic carbocycles. The summed E-state index contributed by atoms with van der Waals surface area (Å²) in [6, 6.07) is 17.4. The van der Waals surface area contributed by atoms with E-state index >= 15 is 0 Å². The van der Waals surface area contributed by atoms with Crippen LogP contribution in [0.2, 0.25) is 0 Å². The van der Waals surface area contributed by atoms with Crippen LogP contribution in [0, 0.1) is 5.92 Å². The fraction of sp³-hybridized carbons (Fsp3) is 0.182. The van der Waals surface area contributed by atoms with Crippen molar-refractivity contribution in [3.8, 4) is 5.69 Å². The molecule has 2 aromatic carbocycles. The summed E-state index contributed by atoms with van der Waals surface area (Å²) in [7, 11) is 0. The molecule has 3 aromatic rings. The maximum Gasteiger partial charge on any atom is 0.0541 e. The minimum atomic E-state index is 0.677. The van der Waals surface area contributed by atoms with Crippen molar-refractivity contribution in [2.45, 2.75) is 19.3 Å². The van der Waals surface area contributed by atoms with E-state index < -0.39 is 0 Å². The Bertz CT molecular complexity index is 1090. The lowest BCUT2D eigenvalue weighted by atomic mass is 9.83. The van der Waals surface area contributed by atoms with Crippen molar-refractivity contribution in [3.63, 3.8) is 0 Å². The van der Waals surface area contributed by atoms with E-state index in [9.17, 15) is 0 Å². The topological polar surface area (TPSA) is 4.93 Å². The average molecular weight is 376 g/mol. The summed E-state index contributed by atoms with van der Waals surface area (Å²) in [6.07, 6.45) is 10.8. The van der Waals surface area contributed by atoms with Crippen LogP contribution in [-0.4, -0.2) is 4.57 Å². The van der Waals surface area contributed by atoms with Crippen molar-refractivity contribution in [1.29, 1.82) is 0 Å². The maximum absolute atomic E-state index is 3.67. The van der Waals surface area contributed by atoms with Gasteiger partial charge in [0.2, 0.25) is 0 Å². The zero-order chi connectivity index (χ0) is 16.1. The molecule has 2 aliphatic rings. The third-order valence-corrected chi connectivity index (χ3v) is 5.78. The largest absolute Gasteiger partial charge is 0.310 e. The SMILES string of the molecule is Brc1ccc2c(c1)c1c(n2-c2ccccc2)=CCC2CCC=CC=12. The normalized spacial score (nSPS) is 19.0. The van der Waals surface area contributed by atoms with E-state index in [1.54, 1.807) is 0 Å². The van der Waals surface area contributed by atoms with Gasteiger partial charge in [-0.25, -0.2) is 0 Å². The number of hydrogen-bond acceptors (Lipinski definition) is 0. The smallest absolute Gasteiger partial charge is 0.0541 e. The van der Waals surface area contributed by atoms with Crippen LogP contribution in [0.3, 0.4) is 0 Å². The van der Waals surface area contributed by atoms with Crippen molar-refractivity contribution < 1.29 is 0 Å². The van der Waals surface area contributed by atoms with Crippen molar-refractivity contribution in [1.82, 2.24) is 4.57 Å². The van der Waals surface area contributed by atoms with Crippen LogP contribution < -0.4 is 10.6 Å². The number of allylic oxidation sites excluding steroid dienone is 2. The molecule has 0 spiro atoms. The Labute approximate surface area is 149 Å². The minimum Gasteiger partial charge on any atom is -0.310 e. The third kappa shape index (κ3) is 2.06. The molecule has 118 valence electrons. The van der Waals surface area contributed by atoms with E-state index in [-0.39, 0.29) is 0 Å². The highest BCUT2D eigenvalue weighted by Gasteiger charge is 2.22. The summed E-state index contributed by atoms with van der Waals surface area (Å²) < 4.78 is 3.56. The molecule has 0 amide bonds. The van der Waals surface area contributed by atoms with Gasteiger partial charge in [-0.1, -0.05) is 52.4 Å². The van der Waals surface area contributed by atoms with Gasteiger partial charge >= 0.3 is 0 Å². The molecule has 2 heteroatoms. The molecule has 5 rings (SSSR count). The van der Waals surface area contributed by atoms with Crippen LogP contribution >= 0.6 is 15.9 Å². The number of benzene rings is 2. The molecule has 1 atom stereocenters. The molecule has 24 heavy (non-hydrogen) atoms. The van der Waals surface area contributed by atoms with Gasteiger partial charge in [0.25, 0.3) is 0 Å². The monoisotopic (exact) mass is 375 g/mol. The highest BCUT2D eigenvalue weighted by atomic mass is 79.9. The van der Waals surface area contributed by atoms with Gasteiger partial charge < -0.3 is 4.57 Å². The number of rotatable bonds is 1. The standard InChI is InChI=1S/C22H18BrN/c23-16-11-13-20-19(14-16)22-18-9-5-4-6-15(18)10-12-21(22)24(20)17-7-2-1-3-8-17/h1-3,5,7-9,11-15H,4,6,10H2. The summed E-state index contributed by atoms with van der Waals surface area (Å²) in [4.78, 5) is 0. The Morgan fingerprint density at radius 3 is 2.79 bits per heavy atom. The fourth-order valence-electron chi connectivity index (χ4n) is 4.22. The summed E-state index contributed by atoms with van der Waals surface area (Å²) in [6.45, 7) is 0. The fourth-order valence-corrected chi connectivity index (χ4v) is 4.58. The lowest BCUT2D eigenvalue weighted by Crippen LogP contribution is -2.35. The molecule has 0 aliphatic heterocycles. The van der Waals surface area contributed by atoms with E-state index in [0.717, 1.165) is 10.9 Å². The second-order valence-electron chi connectivity index (χ2n) is 6.66. The zero-order valence-corrected chi connectivity index (χ0v) is 15.0. The number of para-hydroxylation sites is 1. The number of aromatic nitrogens is 1. The number of halogens is 1. The van der Waals surface area contributed by atoms with E-state index in [1.807, 2.05) is 0 Å². The van der Waals surface area contributed by atoms with Crippen LogP contribution in [0.5, 0.6) is 0 Å². The predicted octanol–water partition coefficient (Wildman–Crippen LogP) is 4.69. The molecule has 0 fully saturated rings. The molecular formula is C22H18BrN. The van der Waals surface area contributed by atoms with E-state index in [1.165, 1.54) is 45.6 Å². The number of nitrogens with zero attached hydrogens (tertiary/aromatic N) is 1. The first kappa shape index (κ1) is 14.3. The molecule has 1 unspecified atom stereocenters. The highest BCUT2D eigenvalue weighted by Crippen LogP contribution is 2.31. The summed E-state index contributed by atoms with van der Waals surface area (Å²) >= 11 is 3.67. The Hall–Kier alpha value is -2.06. The first-order valence-electron chi connectivity index (χ1n) is 8.59. The predicted molar refractivity (Wildman–Crippen MR) is 105 cm³/mol. The number of fused-ring (bicyclic) bond motifs is 4. The summed E-state index contributed by atoms with van der Waals surface area (Å²) in [5.41, 5.74) is 4.05. The van der Waals surface area contributed by atoms with E-state index in [2.05, 4.69) is 87.3 Å². The second kappa shape index (κ2) is 5.49. The summed E-state index contributed by atoms with van der Waals surface area (Å²) in [5.74, 6) is 0.677. The highest BCUT2D eigenvalue weighted by molar-refractivity contribution is 9.10. The molecule has 0 N–H and O–H groups in total. The summed E-state index contributed by atoms with van der Waals surface area (Å²) in [5, 5.41) is 4.14. The third-order valence-electron chi connectivity index (χ3n) is 5.28. The van der Waals surface area contributed by atoms with Gasteiger partial charge in [-0.3, -0.25) is 0 Å². The van der Waals surface area contributed by atoms with Crippen molar-refractivity contribution in [2.75, 3.05) is 0 Å². The lowest BCUT2D eigenvalue weighted by molar-refractivity contribution is 0.618. The van der Waals surface area contributed by atoms with E-state index in [0.29, 0.717) is 5.92 Å². The molecule has 0 bridgehead atoms. The Balaban J connectivity index is 2.01. The van der Waals surface area contributed by atoms with Gasteiger partial charge in [0.1, 0.15) is 0 Å². The first-order valence-corrected chi connectivity index (χ1v) is 9.38. The average Bonchev–Trinajstić information content (AvgIpc) is 2.96. The molecule has 1 heterocycles. The van der Waals surface area contributed by atoms with Gasteiger partial charge in [-0.05, 0) is 61.1 Å². The maximum atomic E-state index is 3.67. The van der Waals surface area contributed by atoms with Gasteiger partial charge in [0, 0.05) is 20.8 Å². The van der Waals surface area contributed by atoms with Crippen molar-refractivity contribution in [2.24, 2.45) is 5.92 Å². The van der Waals surface area contributed by atoms with Crippen molar-refractivity contribution in [3.05, 3.63) is 75.7 Å². The van der Waals surface area contributed by atoms with Crippen LogP contribution in [0.1, 0.15) is 19.3 Å². The first-order chi connectivity index (χ1) is 11.8. The van der Waals surface area contributed by atoms with Gasteiger partial charge in [-0.2, -0.15) is 0 Å².